The molecular weight excluding hydrogens is 220 g/mol. The maximum absolute atomic E-state index is 12.0. The van der Waals surface area contributed by atoms with Crippen molar-refractivity contribution in [1.29, 1.82) is 0 Å². The van der Waals surface area contributed by atoms with E-state index in [9.17, 15) is 9.59 Å². The van der Waals surface area contributed by atoms with E-state index in [4.69, 9.17) is 5.11 Å². The van der Waals surface area contributed by atoms with Crippen LogP contribution in [-0.4, -0.2) is 53.1 Å². The van der Waals surface area contributed by atoms with Gasteiger partial charge in [0.2, 0.25) is 0 Å². The molecule has 0 saturated carbocycles. The summed E-state index contributed by atoms with van der Waals surface area (Å²) in [6.07, 6.45) is 0.918. The number of urea groups is 1. The summed E-state index contributed by atoms with van der Waals surface area (Å²) in [5.41, 5.74) is 0. The number of amides is 2. The highest BCUT2D eigenvalue weighted by Gasteiger charge is 2.22. The Kier molecular flexibility index (Phi) is 6.61. The van der Waals surface area contributed by atoms with Crippen molar-refractivity contribution in [2.24, 2.45) is 5.92 Å². The smallest absolute Gasteiger partial charge is 0.323 e. The van der Waals surface area contributed by atoms with Gasteiger partial charge < -0.3 is 14.9 Å². The number of carbonyl (C=O) groups is 2. The molecule has 0 atom stereocenters. The minimum Gasteiger partial charge on any atom is -0.480 e. The molecule has 5 heteroatoms. The Morgan fingerprint density at radius 3 is 2.06 bits per heavy atom. The maximum atomic E-state index is 12.0. The van der Waals surface area contributed by atoms with Gasteiger partial charge in [-0.1, -0.05) is 13.8 Å². The molecule has 0 aliphatic carbocycles. The first kappa shape index (κ1) is 15.7. The van der Waals surface area contributed by atoms with Gasteiger partial charge in [0.25, 0.3) is 0 Å². The number of aliphatic carboxylic acids is 1. The zero-order valence-corrected chi connectivity index (χ0v) is 11.4. The highest BCUT2D eigenvalue weighted by atomic mass is 16.4. The standard InChI is InChI=1S/C12H24N2O3/c1-9(2)6-7-13(5)12(17)14(10(3)4)8-11(15)16/h9-10H,6-8H2,1-5H3,(H,15,16). The lowest BCUT2D eigenvalue weighted by atomic mass is 10.1. The molecule has 2 amide bonds. The monoisotopic (exact) mass is 244 g/mol. The molecule has 0 aromatic rings. The number of rotatable bonds is 6. The Morgan fingerprint density at radius 2 is 1.71 bits per heavy atom. The third-order valence-corrected chi connectivity index (χ3v) is 2.54. The van der Waals surface area contributed by atoms with Crippen molar-refractivity contribution in [2.45, 2.75) is 40.2 Å². The van der Waals surface area contributed by atoms with Gasteiger partial charge in [0, 0.05) is 19.6 Å². The van der Waals surface area contributed by atoms with E-state index in [-0.39, 0.29) is 18.6 Å². The van der Waals surface area contributed by atoms with E-state index in [0.717, 1.165) is 6.42 Å². The summed E-state index contributed by atoms with van der Waals surface area (Å²) < 4.78 is 0. The number of nitrogens with zero attached hydrogens (tertiary/aromatic N) is 2. The lowest BCUT2D eigenvalue weighted by molar-refractivity contribution is -0.138. The lowest BCUT2D eigenvalue weighted by Gasteiger charge is -2.30. The molecule has 0 aliphatic rings. The van der Waals surface area contributed by atoms with Crippen molar-refractivity contribution in [1.82, 2.24) is 9.80 Å². The summed E-state index contributed by atoms with van der Waals surface area (Å²) in [5, 5.41) is 8.77. The van der Waals surface area contributed by atoms with Crippen LogP contribution in [0.4, 0.5) is 4.79 Å². The first-order valence-corrected chi connectivity index (χ1v) is 5.99. The SMILES string of the molecule is CC(C)CCN(C)C(=O)N(CC(=O)O)C(C)C. The van der Waals surface area contributed by atoms with E-state index in [0.29, 0.717) is 12.5 Å². The minimum atomic E-state index is -0.982. The van der Waals surface area contributed by atoms with E-state index in [1.54, 1.807) is 11.9 Å². The van der Waals surface area contributed by atoms with Crippen LogP contribution < -0.4 is 0 Å². The third kappa shape index (κ3) is 6.14. The first-order valence-electron chi connectivity index (χ1n) is 5.99. The van der Waals surface area contributed by atoms with E-state index < -0.39 is 5.97 Å². The second-order valence-electron chi connectivity index (χ2n) is 5.00. The Balaban J connectivity index is 4.44. The van der Waals surface area contributed by atoms with Gasteiger partial charge in [0.15, 0.2) is 0 Å². The van der Waals surface area contributed by atoms with Crippen molar-refractivity contribution in [3.05, 3.63) is 0 Å². The Bertz CT molecular complexity index is 264. The highest BCUT2D eigenvalue weighted by molar-refractivity contribution is 5.80. The molecule has 0 bridgehead atoms. The predicted octanol–water partition coefficient (Wildman–Crippen LogP) is 1.88. The van der Waals surface area contributed by atoms with Crippen molar-refractivity contribution >= 4 is 12.0 Å². The minimum absolute atomic E-state index is 0.111. The molecule has 1 N–H and O–H groups in total. The quantitative estimate of drug-likeness (QED) is 0.776. The molecule has 0 spiro atoms. The van der Waals surface area contributed by atoms with E-state index in [2.05, 4.69) is 13.8 Å². The molecule has 0 aliphatic heterocycles. The highest BCUT2D eigenvalue weighted by Crippen LogP contribution is 2.06. The molecule has 0 saturated heterocycles. The van der Waals surface area contributed by atoms with E-state index in [1.165, 1.54) is 4.90 Å². The fraction of sp³-hybridized carbons (Fsp3) is 0.833. The zero-order valence-electron chi connectivity index (χ0n) is 11.4. The van der Waals surface area contributed by atoms with Gasteiger partial charge in [-0.15, -0.1) is 0 Å². The molecule has 17 heavy (non-hydrogen) atoms. The van der Waals surface area contributed by atoms with Crippen molar-refractivity contribution < 1.29 is 14.7 Å². The molecule has 0 heterocycles. The van der Waals surface area contributed by atoms with Gasteiger partial charge in [0.05, 0.1) is 0 Å². The van der Waals surface area contributed by atoms with Gasteiger partial charge in [-0.3, -0.25) is 4.79 Å². The summed E-state index contributed by atoms with van der Waals surface area (Å²) >= 11 is 0. The molecule has 0 aromatic heterocycles. The molecule has 0 rings (SSSR count). The molecule has 100 valence electrons. The normalized spacial score (nSPS) is 10.8. The number of hydrogen-bond donors (Lipinski definition) is 1. The molecular formula is C12H24N2O3. The number of carboxylic acid groups (broad SMARTS) is 1. The second kappa shape index (κ2) is 7.14. The predicted molar refractivity (Wildman–Crippen MR) is 67.0 cm³/mol. The average Bonchev–Trinajstić information content (AvgIpc) is 2.20. The van der Waals surface area contributed by atoms with Gasteiger partial charge in [0.1, 0.15) is 6.54 Å². The summed E-state index contributed by atoms with van der Waals surface area (Å²) in [4.78, 5) is 25.7. The van der Waals surface area contributed by atoms with Crippen molar-refractivity contribution in [2.75, 3.05) is 20.1 Å². The fourth-order valence-electron chi connectivity index (χ4n) is 1.38. The van der Waals surface area contributed by atoms with Crippen LogP contribution in [0, 0.1) is 5.92 Å². The number of carboxylic acids is 1. The van der Waals surface area contributed by atoms with Gasteiger partial charge in [-0.05, 0) is 26.2 Å². The first-order chi connectivity index (χ1) is 7.75. The van der Waals surface area contributed by atoms with E-state index in [1.807, 2.05) is 13.8 Å². The summed E-state index contributed by atoms with van der Waals surface area (Å²) in [5.74, 6) is -0.457. The summed E-state index contributed by atoms with van der Waals surface area (Å²) in [6.45, 7) is 8.22. The van der Waals surface area contributed by atoms with Crippen molar-refractivity contribution in [3.63, 3.8) is 0 Å². The Hall–Kier alpha value is -1.26. The average molecular weight is 244 g/mol. The number of carbonyl (C=O) groups excluding carboxylic acids is 1. The molecule has 0 radical (unpaired) electrons. The van der Waals surface area contributed by atoms with Crippen LogP contribution in [0.25, 0.3) is 0 Å². The van der Waals surface area contributed by atoms with Crippen LogP contribution in [0.2, 0.25) is 0 Å². The topological polar surface area (TPSA) is 60.9 Å². The number of hydrogen-bond acceptors (Lipinski definition) is 2. The van der Waals surface area contributed by atoms with Crippen LogP contribution >= 0.6 is 0 Å². The molecule has 0 aromatic carbocycles. The second-order valence-corrected chi connectivity index (χ2v) is 5.00. The molecule has 0 fully saturated rings. The van der Waals surface area contributed by atoms with Crippen molar-refractivity contribution in [3.8, 4) is 0 Å². The lowest BCUT2D eigenvalue weighted by Crippen LogP contribution is -2.47. The van der Waals surface area contributed by atoms with Gasteiger partial charge in [-0.2, -0.15) is 0 Å². The van der Waals surface area contributed by atoms with Crippen LogP contribution in [0.3, 0.4) is 0 Å². The summed E-state index contributed by atoms with van der Waals surface area (Å²) in [7, 11) is 1.71. The van der Waals surface area contributed by atoms with Gasteiger partial charge in [-0.25, -0.2) is 4.79 Å². The fourth-order valence-corrected chi connectivity index (χ4v) is 1.38. The Labute approximate surface area is 103 Å². The van der Waals surface area contributed by atoms with Crippen LogP contribution in [0.5, 0.6) is 0 Å². The maximum Gasteiger partial charge on any atom is 0.323 e. The Morgan fingerprint density at radius 1 is 1.18 bits per heavy atom. The van der Waals surface area contributed by atoms with Crippen LogP contribution in [-0.2, 0) is 4.79 Å². The molecule has 0 unspecified atom stereocenters. The third-order valence-electron chi connectivity index (χ3n) is 2.54. The van der Waals surface area contributed by atoms with Gasteiger partial charge >= 0.3 is 12.0 Å². The van der Waals surface area contributed by atoms with Crippen LogP contribution in [0.15, 0.2) is 0 Å². The largest absolute Gasteiger partial charge is 0.480 e. The zero-order chi connectivity index (χ0) is 13.6. The summed E-state index contributed by atoms with van der Waals surface area (Å²) in [6, 6.07) is -0.330. The van der Waals surface area contributed by atoms with E-state index >= 15 is 0 Å². The molecule has 5 nitrogen and oxygen atoms in total. The van der Waals surface area contributed by atoms with Crippen LogP contribution in [0.1, 0.15) is 34.1 Å².